The molecular weight excluding hydrogens is 304 g/mol. The third-order valence-corrected chi connectivity index (χ3v) is 3.70. The lowest BCUT2D eigenvalue weighted by atomic mass is 10.1. The second-order valence-corrected chi connectivity index (χ2v) is 5.85. The Labute approximate surface area is 146 Å². The van der Waals surface area contributed by atoms with Crippen LogP contribution in [0, 0.1) is 0 Å². The van der Waals surface area contributed by atoms with Crippen molar-refractivity contribution in [2.75, 3.05) is 0 Å². The smallest absolute Gasteiger partial charge is 0.233 e. The first kappa shape index (κ1) is 22.3. The van der Waals surface area contributed by atoms with E-state index in [1.807, 2.05) is 0 Å². The van der Waals surface area contributed by atoms with Crippen molar-refractivity contribution in [2.24, 2.45) is 11.7 Å². The molecule has 0 aromatic heterocycles. The van der Waals surface area contributed by atoms with Gasteiger partial charge in [-0.05, 0) is 51.4 Å². The third-order valence-electron chi connectivity index (χ3n) is 3.70. The summed E-state index contributed by atoms with van der Waals surface area (Å²) in [5.41, 5.74) is 4.28. The largest absolute Gasteiger partial charge is 0.294 e. The van der Waals surface area contributed by atoms with E-state index >= 15 is 0 Å². The van der Waals surface area contributed by atoms with E-state index in [0.29, 0.717) is 12.8 Å². The Bertz CT molecular complexity index is 345. The lowest BCUT2D eigenvalue weighted by Gasteiger charge is -1.98. The van der Waals surface area contributed by atoms with Crippen LogP contribution >= 0.6 is 0 Å². The highest BCUT2D eigenvalue weighted by Gasteiger charge is 1.97. The van der Waals surface area contributed by atoms with Gasteiger partial charge in [-0.25, -0.2) is 11.7 Å². The number of carbonyl (C=O) groups is 2. The molecule has 138 valence electrons. The van der Waals surface area contributed by atoms with E-state index in [4.69, 9.17) is 11.7 Å². The molecule has 0 fully saturated rings. The number of nitrogens with two attached hydrogens (primary N) is 2. The zero-order valence-electron chi connectivity index (χ0n) is 14.8. The zero-order valence-corrected chi connectivity index (χ0v) is 14.8. The number of unbranched alkanes of at least 4 members (excludes halogenated alkanes) is 7. The van der Waals surface area contributed by atoms with Crippen molar-refractivity contribution in [3.63, 3.8) is 0 Å². The monoisotopic (exact) mass is 338 g/mol. The summed E-state index contributed by atoms with van der Waals surface area (Å²) < 4.78 is 0. The van der Waals surface area contributed by atoms with Crippen molar-refractivity contribution in [3.05, 3.63) is 24.3 Å². The van der Waals surface area contributed by atoms with Crippen LogP contribution in [0.1, 0.15) is 77.0 Å². The Hall–Kier alpha value is -1.66. The first-order chi connectivity index (χ1) is 11.7. The molecule has 0 aromatic rings. The molecule has 0 saturated carbocycles. The van der Waals surface area contributed by atoms with Crippen LogP contribution in [0.15, 0.2) is 24.3 Å². The van der Waals surface area contributed by atoms with Crippen LogP contribution in [0.25, 0.3) is 0 Å². The van der Waals surface area contributed by atoms with Crippen LogP contribution in [0.5, 0.6) is 0 Å². The van der Waals surface area contributed by atoms with Crippen LogP contribution in [0.2, 0.25) is 0 Å². The number of hydrogen-bond donors (Lipinski definition) is 4. The molecule has 0 heterocycles. The van der Waals surface area contributed by atoms with E-state index in [1.54, 1.807) is 0 Å². The number of hydrogen-bond acceptors (Lipinski definition) is 4. The van der Waals surface area contributed by atoms with E-state index in [1.165, 1.54) is 0 Å². The van der Waals surface area contributed by atoms with Gasteiger partial charge in [-0.2, -0.15) is 0 Å². The van der Waals surface area contributed by atoms with Gasteiger partial charge in [0.1, 0.15) is 0 Å². The SMILES string of the molecule is NNC(=O)CCCCC/C=C/CC/C=C/CCCCCC(=O)NN. The van der Waals surface area contributed by atoms with E-state index in [9.17, 15) is 9.59 Å². The van der Waals surface area contributed by atoms with Crippen molar-refractivity contribution < 1.29 is 9.59 Å². The quantitative estimate of drug-likeness (QED) is 0.121. The molecule has 6 N–H and O–H groups in total. The van der Waals surface area contributed by atoms with E-state index in [-0.39, 0.29) is 11.8 Å². The molecule has 0 aromatic carbocycles. The average Bonchev–Trinajstić information content (AvgIpc) is 2.60. The molecule has 0 aliphatic rings. The molecule has 0 rings (SSSR count). The fourth-order valence-corrected chi connectivity index (χ4v) is 2.26. The normalized spacial score (nSPS) is 11.2. The van der Waals surface area contributed by atoms with Gasteiger partial charge in [0.15, 0.2) is 0 Å². The summed E-state index contributed by atoms with van der Waals surface area (Å²) in [6.45, 7) is 0. The molecule has 0 atom stereocenters. The summed E-state index contributed by atoms with van der Waals surface area (Å²) >= 11 is 0. The van der Waals surface area contributed by atoms with E-state index in [0.717, 1.165) is 64.2 Å². The number of amides is 2. The highest BCUT2D eigenvalue weighted by molar-refractivity contribution is 5.75. The van der Waals surface area contributed by atoms with Crippen molar-refractivity contribution in [1.82, 2.24) is 10.9 Å². The second-order valence-electron chi connectivity index (χ2n) is 5.85. The van der Waals surface area contributed by atoms with Gasteiger partial charge in [0.2, 0.25) is 11.8 Å². The minimum atomic E-state index is -0.0848. The summed E-state index contributed by atoms with van der Waals surface area (Å²) in [5, 5.41) is 0. The van der Waals surface area contributed by atoms with Gasteiger partial charge in [-0.3, -0.25) is 20.4 Å². The second kappa shape index (κ2) is 17.7. The molecule has 0 spiro atoms. The molecule has 2 amide bonds. The number of rotatable bonds is 15. The predicted octanol–water partition coefficient (Wildman–Crippen LogP) is 2.76. The summed E-state index contributed by atoms with van der Waals surface area (Å²) in [6, 6.07) is 0. The topological polar surface area (TPSA) is 110 Å². The van der Waals surface area contributed by atoms with Crippen molar-refractivity contribution in [1.29, 1.82) is 0 Å². The maximum Gasteiger partial charge on any atom is 0.233 e. The van der Waals surface area contributed by atoms with Crippen LogP contribution in [0.3, 0.4) is 0 Å². The number of allylic oxidation sites excluding steroid dienone is 4. The molecule has 6 heteroatoms. The van der Waals surface area contributed by atoms with Crippen LogP contribution in [-0.4, -0.2) is 11.8 Å². The molecule has 0 saturated heterocycles. The summed E-state index contributed by atoms with van der Waals surface area (Å²) in [6.07, 6.45) is 20.4. The van der Waals surface area contributed by atoms with Gasteiger partial charge < -0.3 is 0 Å². The van der Waals surface area contributed by atoms with Crippen molar-refractivity contribution >= 4 is 11.8 Å². The highest BCUT2D eigenvalue weighted by atomic mass is 16.2. The van der Waals surface area contributed by atoms with Crippen LogP contribution in [-0.2, 0) is 9.59 Å². The lowest BCUT2D eigenvalue weighted by molar-refractivity contribution is -0.122. The number of nitrogens with one attached hydrogen (secondary N) is 2. The standard InChI is InChI=1S/C18H34N4O2/c19-21-17(23)15-13-11-9-7-5-3-1-2-4-6-8-10-12-14-16-18(24)22-20/h3-6H,1-2,7-16,19-20H2,(H,21,23)(H,22,24)/b5-3+,6-4+. The third kappa shape index (κ3) is 16.7. The maximum absolute atomic E-state index is 10.9. The molecule has 0 aliphatic heterocycles. The lowest BCUT2D eigenvalue weighted by Crippen LogP contribution is -2.29. The molecule has 0 bridgehead atoms. The Morgan fingerprint density at radius 1 is 0.583 bits per heavy atom. The number of carbonyl (C=O) groups excluding carboxylic acids is 2. The summed E-state index contributed by atoms with van der Waals surface area (Å²) in [7, 11) is 0. The fourth-order valence-electron chi connectivity index (χ4n) is 2.26. The Morgan fingerprint density at radius 3 is 1.33 bits per heavy atom. The first-order valence-corrected chi connectivity index (χ1v) is 8.99. The molecule has 0 radical (unpaired) electrons. The minimum Gasteiger partial charge on any atom is -0.294 e. The van der Waals surface area contributed by atoms with Gasteiger partial charge in [-0.15, -0.1) is 0 Å². The number of hydrazine groups is 2. The molecule has 24 heavy (non-hydrogen) atoms. The highest BCUT2D eigenvalue weighted by Crippen LogP contribution is 2.06. The Kier molecular flexibility index (Phi) is 16.5. The minimum absolute atomic E-state index is 0.0848. The molecule has 6 nitrogen and oxygen atoms in total. The zero-order chi connectivity index (χ0) is 17.9. The van der Waals surface area contributed by atoms with E-state index < -0.39 is 0 Å². The Morgan fingerprint density at radius 2 is 0.958 bits per heavy atom. The molecule has 0 aliphatic carbocycles. The van der Waals surface area contributed by atoms with Crippen LogP contribution < -0.4 is 22.5 Å². The van der Waals surface area contributed by atoms with Gasteiger partial charge in [0.05, 0.1) is 0 Å². The predicted molar refractivity (Wildman–Crippen MR) is 98.3 cm³/mol. The summed E-state index contributed by atoms with van der Waals surface area (Å²) in [5.74, 6) is 9.86. The van der Waals surface area contributed by atoms with Gasteiger partial charge in [0, 0.05) is 12.8 Å². The van der Waals surface area contributed by atoms with Crippen molar-refractivity contribution in [2.45, 2.75) is 77.0 Å². The van der Waals surface area contributed by atoms with Gasteiger partial charge in [-0.1, -0.05) is 37.1 Å². The fraction of sp³-hybridized carbons (Fsp3) is 0.667. The maximum atomic E-state index is 10.9. The van der Waals surface area contributed by atoms with Crippen molar-refractivity contribution in [3.8, 4) is 0 Å². The molecule has 0 unspecified atom stereocenters. The van der Waals surface area contributed by atoms with Gasteiger partial charge >= 0.3 is 0 Å². The average molecular weight is 338 g/mol. The molecular formula is C18H34N4O2. The van der Waals surface area contributed by atoms with Gasteiger partial charge in [0.25, 0.3) is 0 Å². The summed E-state index contributed by atoms with van der Waals surface area (Å²) in [4.78, 5) is 21.8. The van der Waals surface area contributed by atoms with E-state index in [2.05, 4.69) is 35.2 Å². The Balaban J connectivity index is 3.27. The first-order valence-electron chi connectivity index (χ1n) is 8.99. The van der Waals surface area contributed by atoms with Crippen LogP contribution in [0.4, 0.5) is 0 Å².